The zero-order valence-electron chi connectivity index (χ0n) is 50.7. The normalized spacial score (nSPS) is 12.1. The van der Waals surface area contributed by atoms with Crippen LogP contribution in [0.15, 0.2) is 12.2 Å². The van der Waals surface area contributed by atoms with Crippen molar-refractivity contribution in [2.45, 2.75) is 405 Å². The predicted octanol–water partition coefficient (Wildman–Crippen LogP) is 23.4. The number of ether oxygens (including phenoxy) is 2. The number of unbranched alkanes of at least 4 members (excludes halogenated alkanes) is 55. The fourth-order valence-electron chi connectivity index (χ4n) is 10.9. The number of carbonyl (C=O) groups is 2. The Kier molecular flexibility index (Phi) is 64.7. The Bertz CT molecular complexity index is 1090. The van der Waals surface area contributed by atoms with Gasteiger partial charge in [-0.25, -0.2) is 0 Å². The van der Waals surface area contributed by atoms with Crippen molar-refractivity contribution >= 4 is 11.9 Å². The molecule has 0 aliphatic heterocycles. The third kappa shape index (κ3) is 63.2. The van der Waals surface area contributed by atoms with Crippen LogP contribution in [0.2, 0.25) is 0 Å². The van der Waals surface area contributed by atoms with Gasteiger partial charge in [-0.1, -0.05) is 360 Å². The minimum atomic E-state index is -0.769. The van der Waals surface area contributed by atoms with Crippen molar-refractivity contribution < 1.29 is 24.2 Å². The molecule has 0 radical (unpaired) electrons. The van der Waals surface area contributed by atoms with E-state index in [2.05, 4.69) is 26.0 Å². The Morgan fingerprint density at radius 2 is 0.500 bits per heavy atom. The summed E-state index contributed by atoms with van der Waals surface area (Å²) >= 11 is 0. The summed E-state index contributed by atoms with van der Waals surface area (Å²) in [7, 11) is 0. The van der Waals surface area contributed by atoms with Gasteiger partial charge >= 0.3 is 11.9 Å². The second kappa shape index (κ2) is 65.9. The molecular formula is C69H134O5. The smallest absolute Gasteiger partial charge is 0.306 e. The molecular weight excluding hydrogens is 909 g/mol. The number of hydrogen-bond acceptors (Lipinski definition) is 5. The molecule has 0 heterocycles. The molecule has 1 unspecified atom stereocenters. The van der Waals surface area contributed by atoms with Crippen LogP contribution >= 0.6 is 0 Å². The quantitative estimate of drug-likeness (QED) is 0.0373. The van der Waals surface area contributed by atoms with E-state index in [1.165, 1.54) is 340 Å². The van der Waals surface area contributed by atoms with E-state index >= 15 is 0 Å². The summed E-state index contributed by atoms with van der Waals surface area (Å²) in [6.45, 7) is 4.20. The van der Waals surface area contributed by atoms with Crippen molar-refractivity contribution in [1.29, 1.82) is 0 Å². The first-order chi connectivity index (χ1) is 36.6. The zero-order chi connectivity index (χ0) is 53.4. The maximum atomic E-state index is 12.3. The third-order valence-electron chi connectivity index (χ3n) is 16.1. The number of allylic oxidation sites excluding steroid dienone is 2. The van der Waals surface area contributed by atoms with Crippen LogP contribution in [-0.4, -0.2) is 36.4 Å². The predicted molar refractivity (Wildman–Crippen MR) is 325 cm³/mol. The van der Waals surface area contributed by atoms with E-state index in [9.17, 15) is 14.7 Å². The second-order valence-electron chi connectivity index (χ2n) is 23.6. The summed E-state index contributed by atoms with van der Waals surface area (Å²) in [5, 5.41) is 9.67. The lowest BCUT2D eigenvalue weighted by Gasteiger charge is -2.15. The SMILES string of the molecule is CCCCCCCC/C=C\CCCCCCCCCCCC(=O)OC(CO)COC(=O)CCCCCCCCCCCCCCCCCCCCCCCCCCCCCCCCCCCCCCCCCCC. The Balaban J connectivity index is 3.33. The molecule has 440 valence electrons. The first-order valence-corrected chi connectivity index (χ1v) is 34.2. The van der Waals surface area contributed by atoms with Crippen LogP contribution < -0.4 is 0 Å². The van der Waals surface area contributed by atoms with E-state index in [1.807, 2.05) is 0 Å². The van der Waals surface area contributed by atoms with Gasteiger partial charge in [-0.05, 0) is 38.5 Å². The minimum Gasteiger partial charge on any atom is -0.462 e. The first-order valence-electron chi connectivity index (χ1n) is 34.2. The summed E-state index contributed by atoms with van der Waals surface area (Å²) < 4.78 is 10.7. The highest BCUT2D eigenvalue weighted by molar-refractivity contribution is 5.70. The number of hydrogen-bond donors (Lipinski definition) is 1. The van der Waals surface area contributed by atoms with E-state index in [-0.39, 0.29) is 25.2 Å². The maximum absolute atomic E-state index is 12.3. The standard InChI is InChI=1S/C69H134O5/c1-3-5-7-9-11-13-15-17-19-21-23-24-25-26-27-28-29-30-31-32-33-34-35-36-37-38-39-40-41-42-43-44-46-47-49-51-53-55-57-59-61-63-68(71)73-66-67(65-70)74-69(72)64-62-60-58-56-54-52-50-48-45-22-20-18-16-14-12-10-8-6-4-2/h18,20,67,70H,3-17,19,21-66H2,1-2H3/b20-18-. The Labute approximate surface area is 464 Å². The number of esters is 2. The van der Waals surface area contributed by atoms with Crippen LogP contribution in [0, 0.1) is 0 Å². The van der Waals surface area contributed by atoms with Gasteiger partial charge in [0.25, 0.3) is 0 Å². The number of carbonyl (C=O) groups excluding carboxylic acids is 2. The van der Waals surface area contributed by atoms with Crippen molar-refractivity contribution in [3.05, 3.63) is 12.2 Å². The second-order valence-corrected chi connectivity index (χ2v) is 23.6. The summed E-state index contributed by atoms with van der Waals surface area (Å²) in [6, 6.07) is 0. The molecule has 0 amide bonds. The van der Waals surface area contributed by atoms with Crippen molar-refractivity contribution in [3.8, 4) is 0 Å². The van der Waals surface area contributed by atoms with Gasteiger partial charge in [0.1, 0.15) is 6.61 Å². The zero-order valence-corrected chi connectivity index (χ0v) is 50.7. The molecule has 5 heteroatoms. The van der Waals surface area contributed by atoms with Gasteiger partial charge < -0.3 is 14.6 Å². The van der Waals surface area contributed by atoms with Gasteiger partial charge in [0.05, 0.1) is 6.61 Å². The average Bonchev–Trinajstić information content (AvgIpc) is 3.40. The topological polar surface area (TPSA) is 72.8 Å². The molecule has 0 saturated heterocycles. The summed E-state index contributed by atoms with van der Waals surface area (Å²) in [4.78, 5) is 24.6. The average molecular weight is 1040 g/mol. The largest absolute Gasteiger partial charge is 0.462 e. The number of aliphatic hydroxyl groups excluding tert-OH is 1. The summed E-state index contributed by atoms with van der Waals surface area (Å²) in [5.41, 5.74) is 0. The lowest BCUT2D eigenvalue weighted by molar-refractivity contribution is -0.161. The van der Waals surface area contributed by atoms with Gasteiger partial charge in [-0.15, -0.1) is 0 Å². The van der Waals surface area contributed by atoms with E-state index in [0.717, 1.165) is 32.1 Å². The van der Waals surface area contributed by atoms with Crippen LogP contribution in [0.1, 0.15) is 399 Å². The molecule has 0 aliphatic carbocycles. The lowest BCUT2D eigenvalue weighted by atomic mass is 10.0. The van der Waals surface area contributed by atoms with E-state index in [0.29, 0.717) is 12.8 Å². The molecule has 0 spiro atoms. The number of rotatable bonds is 65. The molecule has 0 rings (SSSR count). The van der Waals surface area contributed by atoms with Crippen LogP contribution in [-0.2, 0) is 19.1 Å². The van der Waals surface area contributed by atoms with Gasteiger partial charge in [-0.2, -0.15) is 0 Å². The molecule has 74 heavy (non-hydrogen) atoms. The van der Waals surface area contributed by atoms with Crippen molar-refractivity contribution in [2.24, 2.45) is 0 Å². The van der Waals surface area contributed by atoms with Gasteiger partial charge in [-0.3, -0.25) is 9.59 Å². The monoisotopic (exact) mass is 1040 g/mol. The fourth-order valence-corrected chi connectivity index (χ4v) is 10.9. The number of aliphatic hydroxyl groups is 1. The molecule has 0 aromatic carbocycles. The van der Waals surface area contributed by atoms with Crippen LogP contribution in [0.4, 0.5) is 0 Å². The lowest BCUT2D eigenvalue weighted by Crippen LogP contribution is -2.28. The third-order valence-corrected chi connectivity index (χ3v) is 16.1. The van der Waals surface area contributed by atoms with E-state index in [1.54, 1.807) is 0 Å². The van der Waals surface area contributed by atoms with E-state index < -0.39 is 6.10 Å². The fraction of sp³-hybridized carbons (Fsp3) is 0.942. The van der Waals surface area contributed by atoms with Gasteiger partial charge in [0, 0.05) is 12.8 Å². The molecule has 1 N–H and O–H groups in total. The van der Waals surface area contributed by atoms with Crippen LogP contribution in [0.3, 0.4) is 0 Å². The molecule has 0 aromatic heterocycles. The van der Waals surface area contributed by atoms with Gasteiger partial charge in [0.2, 0.25) is 0 Å². The molecule has 0 aliphatic rings. The first kappa shape index (κ1) is 72.6. The van der Waals surface area contributed by atoms with Crippen molar-refractivity contribution in [1.82, 2.24) is 0 Å². The van der Waals surface area contributed by atoms with Crippen molar-refractivity contribution in [2.75, 3.05) is 13.2 Å². The molecule has 0 fully saturated rings. The van der Waals surface area contributed by atoms with Gasteiger partial charge in [0.15, 0.2) is 6.10 Å². The van der Waals surface area contributed by atoms with E-state index in [4.69, 9.17) is 9.47 Å². The summed E-state index contributed by atoms with van der Waals surface area (Å²) in [6.07, 6.45) is 84.1. The Hall–Kier alpha value is -1.36. The molecule has 1 atom stereocenters. The molecule has 5 nitrogen and oxygen atoms in total. The minimum absolute atomic E-state index is 0.0592. The molecule has 0 saturated carbocycles. The van der Waals surface area contributed by atoms with Crippen LogP contribution in [0.5, 0.6) is 0 Å². The molecule has 0 bridgehead atoms. The molecule has 0 aromatic rings. The summed E-state index contributed by atoms with van der Waals surface area (Å²) in [5.74, 6) is -0.569. The maximum Gasteiger partial charge on any atom is 0.306 e. The Morgan fingerprint density at radius 3 is 0.730 bits per heavy atom. The highest BCUT2D eigenvalue weighted by Gasteiger charge is 2.16. The Morgan fingerprint density at radius 1 is 0.297 bits per heavy atom. The van der Waals surface area contributed by atoms with Crippen LogP contribution in [0.25, 0.3) is 0 Å². The van der Waals surface area contributed by atoms with Crippen molar-refractivity contribution in [3.63, 3.8) is 0 Å². The highest BCUT2D eigenvalue weighted by atomic mass is 16.6. The highest BCUT2D eigenvalue weighted by Crippen LogP contribution is 2.19.